The van der Waals surface area contributed by atoms with Crippen LogP contribution in [0.5, 0.6) is 0 Å². The maximum absolute atomic E-state index is 10.9. The molecule has 0 fully saturated rings. The summed E-state index contributed by atoms with van der Waals surface area (Å²) < 4.78 is 4.17. The number of hydrogen-bond acceptors (Lipinski definition) is 4. The van der Waals surface area contributed by atoms with Crippen LogP contribution in [0.2, 0.25) is 0 Å². The second-order valence-electron chi connectivity index (χ2n) is 3.04. The first-order chi connectivity index (χ1) is 6.70. The predicted octanol–water partition coefficient (Wildman–Crippen LogP) is 1.99. The highest BCUT2D eigenvalue weighted by atomic mass is 16.6. The topological polar surface area (TPSA) is 75.6 Å². The van der Waals surface area contributed by atoms with E-state index in [2.05, 4.69) is 11.7 Å². The highest BCUT2D eigenvalue weighted by Gasteiger charge is 2.07. The highest BCUT2D eigenvalue weighted by molar-refractivity contribution is 5.83. The van der Waals surface area contributed by atoms with Gasteiger partial charge in [-0.25, -0.2) is 10.3 Å². The molecule has 0 aliphatic carbocycles. The van der Waals surface area contributed by atoms with E-state index in [1.807, 2.05) is 0 Å². The number of carbonyl (C=O) groups excluding carboxylic acids is 2. The van der Waals surface area contributed by atoms with E-state index in [0.29, 0.717) is 0 Å². The van der Waals surface area contributed by atoms with E-state index in [-0.39, 0.29) is 6.42 Å². The maximum atomic E-state index is 10.9. The lowest BCUT2D eigenvalue weighted by Gasteiger charge is -2.01. The molecular weight excluding hydrogens is 186 g/mol. The molecule has 5 nitrogen and oxygen atoms in total. The predicted molar refractivity (Wildman–Crippen MR) is 49.8 cm³/mol. The Labute approximate surface area is 83.4 Å². The molecule has 0 aromatic rings. The van der Waals surface area contributed by atoms with E-state index in [1.54, 1.807) is 0 Å². The zero-order chi connectivity index (χ0) is 10.8. The first-order valence-corrected chi connectivity index (χ1v) is 4.85. The van der Waals surface area contributed by atoms with Crippen molar-refractivity contribution in [3.8, 4) is 0 Å². The van der Waals surface area contributed by atoms with Crippen molar-refractivity contribution in [2.75, 3.05) is 0 Å². The number of hydroxylamine groups is 1. The summed E-state index contributed by atoms with van der Waals surface area (Å²) in [5.41, 5.74) is 1.22. The summed E-state index contributed by atoms with van der Waals surface area (Å²) in [6.45, 7) is 2.11. The number of nitrogens with one attached hydrogen (secondary N) is 1. The molecular formula is C9H17NO4. The summed E-state index contributed by atoms with van der Waals surface area (Å²) in [6, 6.07) is 0. The molecule has 2 N–H and O–H groups in total. The Kier molecular flexibility index (Phi) is 7.83. The number of esters is 1. The van der Waals surface area contributed by atoms with E-state index >= 15 is 0 Å². The van der Waals surface area contributed by atoms with Crippen molar-refractivity contribution >= 4 is 12.1 Å². The molecule has 0 aliphatic heterocycles. The lowest BCUT2D eigenvalue weighted by Crippen LogP contribution is -2.23. The molecule has 0 spiro atoms. The van der Waals surface area contributed by atoms with Crippen LogP contribution in [0.1, 0.15) is 45.4 Å². The van der Waals surface area contributed by atoms with Crippen molar-refractivity contribution in [2.24, 2.45) is 0 Å². The van der Waals surface area contributed by atoms with Gasteiger partial charge in [0.15, 0.2) is 0 Å². The summed E-state index contributed by atoms with van der Waals surface area (Å²) in [6.07, 6.45) is 4.18. The largest absolute Gasteiger partial charge is 0.438 e. The molecule has 0 rings (SSSR count). The molecule has 0 saturated carbocycles. The monoisotopic (exact) mass is 203 g/mol. The van der Waals surface area contributed by atoms with Crippen molar-refractivity contribution in [1.29, 1.82) is 0 Å². The van der Waals surface area contributed by atoms with Crippen LogP contribution in [0, 0.1) is 0 Å². The van der Waals surface area contributed by atoms with E-state index in [4.69, 9.17) is 5.21 Å². The molecule has 5 heteroatoms. The molecule has 0 saturated heterocycles. The number of rotatable bonds is 6. The van der Waals surface area contributed by atoms with Gasteiger partial charge in [-0.05, 0) is 6.42 Å². The van der Waals surface area contributed by atoms with E-state index in [1.165, 1.54) is 5.48 Å². The van der Waals surface area contributed by atoms with Crippen LogP contribution < -0.4 is 5.48 Å². The SMILES string of the molecule is CCCCCCCC(=O)OC(=O)NO. The van der Waals surface area contributed by atoms with Gasteiger partial charge < -0.3 is 4.74 Å². The van der Waals surface area contributed by atoms with Crippen LogP contribution >= 0.6 is 0 Å². The van der Waals surface area contributed by atoms with Gasteiger partial charge in [0, 0.05) is 6.42 Å². The van der Waals surface area contributed by atoms with Crippen molar-refractivity contribution < 1.29 is 19.5 Å². The number of carbonyl (C=O) groups is 2. The van der Waals surface area contributed by atoms with E-state index in [9.17, 15) is 9.59 Å². The van der Waals surface area contributed by atoms with Crippen LogP contribution in [0.15, 0.2) is 0 Å². The Hall–Kier alpha value is -1.10. The fraction of sp³-hybridized carbons (Fsp3) is 0.778. The average Bonchev–Trinajstić information content (AvgIpc) is 2.17. The smallest absolute Gasteiger partial charge is 0.375 e. The lowest BCUT2D eigenvalue weighted by atomic mass is 10.1. The van der Waals surface area contributed by atoms with Gasteiger partial charge in [-0.1, -0.05) is 32.6 Å². The maximum Gasteiger partial charge on any atom is 0.438 e. The lowest BCUT2D eigenvalue weighted by molar-refractivity contribution is -0.138. The molecule has 0 unspecified atom stereocenters. The van der Waals surface area contributed by atoms with Gasteiger partial charge in [-0.15, -0.1) is 0 Å². The number of unbranched alkanes of at least 4 members (excludes halogenated alkanes) is 4. The van der Waals surface area contributed by atoms with Gasteiger partial charge in [-0.3, -0.25) is 10.0 Å². The Bertz CT molecular complexity index is 182. The van der Waals surface area contributed by atoms with E-state index in [0.717, 1.165) is 32.1 Å². The summed E-state index contributed by atoms with van der Waals surface area (Å²) in [5, 5.41) is 8.05. The van der Waals surface area contributed by atoms with Crippen molar-refractivity contribution in [3.63, 3.8) is 0 Å². The second kappa shape index (κ2) is 8.50. The molecule has 0 aromatic carbocycles. The van der Waals surface area contributed by atoms with Crippen LogP contribution in [0.4, 0.5) is 4.79 Å². The van der Waals surface area contributed by atoms with Crippen LogP contribution in [0.25, 0.3) is 0 Å². The van der Waals surface area contributed by atoms with Crippen LogP contribution in [-0.4, -0.2) is 17.3 Å². The molecule has 0 bridgehead atoms. The van der Waals surface area contributed by atoms with Gasteiger partial charge in [-0.2, -0.15) is 0 Å². The number of hydrogen-bond donors (Lipinski definition) is 2. The summed E-state index contributed by atoms with van der Waals surface area (Å²) >= 11 is 0. The zero-order valence-electron chi connectivity index (χ0n) is 8.41. The Morgan fingerprint density at radius 2 is 1.86 bits per heavy atom. The fourth-order valence-corrected chi connectivity index (χ4v) is 1.05. The third kappa shape index (κ3) is 7.54. The molecule has 1 amide bonds. The van der Waals surface area contributed by atoms with Gasteiger partial charge in [0.05, 0.1) is 0 Å². The normalized spacial score (nSPS) is 9.57. The first kappa shape index (κ1) is 12.9. The van der Waals surface area contributed by atoms with Crippen molar-refractivity contribution in [2.45, 2.75) is 45.4 Å². The minimum atomic E-state index is -1.12. The second-order valence-corrected chi connectivity index (χ2v) is 3.04. The van der Waals surface area contributed by atoms with Crippen LogP contribution in [0.3, 0.4) is 0 Å². The quantitative estimate of drug-likeness (QED) is 0.227. The van der Waals surface area contributed by atoms with Crippen molar-refractivity contribution in [3.05, 3.63) is 0 Å². The fourth-order valence-electron chi connectivity index (χ4n) is 1.05. The molecule has 82 valence electrons. The highest BCUT2D eigenvalue weighted by Crippen LogP contribution is 2.05. The molecule has 14 heavy (non-hydrogen) atoms. The Balaban J connectivity index is 3.31. The van der Waals surface area contributed by atoms with Gasteiger partial charge in [0.2, 0.25) is 0 Å². The van der Waals surface area contributed by atoms with Crippen LogP contribution in [-0.2, 0) is 9.53 Å². The first-order valence-electron chi connectivity index (χ1n) is 4.85. The number of ether oxygens (including phenoxy) is 1. The number of amides is 1. The summed E-state index contributed by atoms with van der Waals surface area (Å²) in [4.78, 5) is 21.2. The Morgan fingerprint density at radius 1 is 1.21 bits per heavy atom. The molecule has 0 aromatic heterocycles. The molecule has 0 radical (unpaired) electrons. The standard InChI is InChI=1S/C9H17NO4/c1-2-3-4-5-6-7-8(11)14-9(12)10-13/h13H,2-7H2,1H3,(H,10,12). The van der Waals surface area contributed by atoms with Gasteiger partial charge in [0.25, 0.3) is 0 Å². The third-order valence-electron chi connectivity index (χ3n) is 1.78. The zero-order valence-corrected chi connectivity index (χ0v) is 8.41. The van der Waals surface area contributed by atoms with Gasteiger partial charge in [0.1, 0.15) is 0 Å². The minimum Gasteiger partial charge on any atom is -0.375 e. The van der Waals surface area contributed by atoms with Crippen molar-refractivity contribution in [1.82, 2.24) is 5.48 Å². The summed E-state index contributed by atoms with van der Waals surface area (Å²) in [5.74, 6) is -0.604. The molecule has 0 aliphatic rings. The minimum absolute atomic E-state index is 0.219. The average molecular weight is 203 g/mol. The van der Waals surface area contributed by atoms with Gasteiger partial charge >= 0.3 is 12.1 Å². The van der Waals surface area contributed by atoms with E-state index < -0.39 is 12.1 Å². The Morgan fingerprint density at radius 3 is 2.43 bits per heavy atom. The molecule has 0 heterocycles. The summed E-state index contributed by atoms with van der Waals surface area (Å²) in [7, 11) is 0. The molecule has 0 atom stereocenters. The third-order valence-corrected chi connectivity index (χ3v) is 1.78.